The van der Waals surface area contributed by atoms with Crippen LogP contribution in [-0.2, 0) is 9.59 Å². The lowest BCUT2D eigenvalue weighted by molar-refractivity contribution is -0.137. The van der Waals surface area contributed by atoms with E-state index < -0.39 is 5.97 Å². The molecule has 0 saturated heterocycles. The van der Waals surface area contributed by atoms with Crippen molar-refractivity contribution < 1.29 is 14.7 Å². The van der Waals surface area contributed by atoms with Gasteiger partial charge in [0.1, 0.15) is 0 Å². The van der Waals surface area contributed by atoms with Crippen LogP contribution in [0.4, 0.5) is 0 Å². The normalized spacial score (nSPS) is 21.5. The fraction of sp³-hybridized carbons (Fsp3) is 0.667. The van der Waals surface area contributed by atoms with E-state index in [4.69, 9.17) is 5.11 Å². The number of carbonyl (C=O) groups is 2. The molecule has 1 rings (SSSR count). The summed E-state index contributed by atoms with van der Waals surface area (Å²) < 4.78 is 0. The van der Waals surface area contributed by atoms with E-state index in [1.807, 2.05) is 0 Å². The lowest BCUT2D eigenvalue weighted by atomic mass is 9.87. The topological polar surface area (TPSA) is 54.4 Å². The summed E-state index contributed by atoms with van der Waals surface area (Å²) in [7, 11) is 0. The molecule has 0 saturated carbocycles. The maximum Gasteiger partial charge on any atom is 0.303 e. The molecule has 2 atom stereocenters. The Balaban J connectivity index is 2.15. The summed E-state index contributed by atoms with van der Waals surface area (Å²) in [4.78, 5) is 22.2. The van der Waals surface area contributed by atoms with Crippen LogP contribution >= 0.6 is 0 Å². The summed E-state index contributed by atoms with van der Waals surface area (Å²) in [5.74, 6) is 0.132. The zero-order valence-corrected chi connectivity index (χ0v) is 13.1. The van der Waals surface area contributed by atoms with Crippen LogP contribution in [-0.4, -0.2) is 16.9 Å². The van der Waals surface area contributed by atoms with E-state index in [2.05, 4.69) is 25.2 Å². The minimum atomic E-state index is -0.701. The first kappa shape index (κ1) is 17.7. The summed E-state index contributed by atoms with van der Waals surface area (Å²) in [6.45, 7) is 2.10. The number of hydrogen-bond donors (Lipinski definition) is 1. The number of aliphatic carboxylic acids is 1. The number of carbonyl (C=O) groups excluding carboxylic acids is 1. The fourth-order valence-corrected chi connectivity index (χ4v) is 2.87. The van der Waals surface area contributed by atoms with Gasteiger partial charge < -0.3 is 5.11 Å². The van der Waals surface area contributed by atoms with Crippen molar-refractivity contribution in [1.82, 2.24) is 0 Å². The molecule has 118 valence electrons. The molecule has 0 unspecified atom stereocenters. The smallest absolute Gasteiger partial charge is 0.303 e. The third-order valence-electron chi connectivity index (χ3n) is 4.11. The van der Waals surface area contributed by atoms with Gasteiger partial charge in [-0.05, 0) is 37.7 Å². The van der Waals surface area contributed by atoms with Crippen LogP contribution in [0.25, 0.3) is 0 Å². The van der Waals surface area contributed by atoms with Crippen molar-refractivity contribution in [3.63, 3.8) is 0 Å². The molecule has 1 N–H and O–H groups in total. The molecule has 0 aromatic heterocycles. The van der Waals surface area contributed by atoms with Gasteiger partial charge in [0.05, 0.1) is 0 Å². The van der Waals surface area contributed by atoms with Gasteiger partial charge in [0.25, 0.3) is 0 Å². The maximum absolute atomic E-state index is 11.8. The Morgan fingerprint density at radius 2 is 1.90 bits per heavy atom. The minimum absolute atomic E-state index is 0.153. The van der Waals surface area contributed by atoms with Crippen molar-refractivity contribution in [1.29, 1.82) is 0 Å². The third kappa shape index (κ3) is 7.26. The van der Waals surface area contributed by atoms with Gasteiger partial charge >= 0.3 is 5.97 Å². The third-order valence-corrected chi connectivity index (χ3v) is 4.11. The van der Waals surface area contributed by atoms with Crippen molar-refractivity contribution in [2.24, 2.45) is 11.8 Å². The number of allylic oxidation sites excluding steroid dienone is 4. The largest absolute Gasteiger partial charge is 0.481 e. The Morgan fingerprint density at radius 3 is 2.62 bits per heavy atom. The average Bonchev–Trinajstić information content (AvgIpc) is 2.79. The Bertz CT molecular complexity index is 382. The number of carboxylic acids is 1. The summed E-state index contributed by atoms with van der Waals surface area (Å²) in [5.41, 5.74) is 0. The van der Waals surface area contributed by atoms with E-state index in [-0.39, 0.29) is 18.1 Å². The molecule has 3 nitrogen and oxygen atoms in total. The highest BCUT2D eigenvalue weighted by Gasteiger charge is 2.28. The maximum atomic E-state index is 11.8. The highest BCUT2D eigenvalue weighted by Crippen LogP contribution is 2.30. The van der Waals surface area contributed by atoms with Crippen LogP contribution < -0.4 is 0 Å². The molecular weight excluding hydrogens is 264 g/mol. The Kier molecular flexibility index (Phi) is 8.72. The number of ketones is 1. The molecule has 1 aliphatic carbocycles. The fourth-order valence-electron chi connectivity index (χ4n) is 2.87. The number of hydrogen-bond acceptors (Lipinski definition) is 2. The molecule has 0 fully saturated rings. The van der Waals surface area contributed by atoms with Gasteiger partial charge in [0.15, 0.2) is 5.78 Å². The molecule has 0 amide bonds. The molecule has 0 aromatic rings. The van der Waals surface area contributed by atoms with Crippen LogP contribution in [0.2, 0.25) is 0 Å². The van der Waals surface area contributed by atoms with E-state index in [9.17, 15) is 9.59 Å². The number of unbranched alkanes of at least 4 members (excludes halogenated alkanes) is 4. The monoisotopic (exact) mass is 292 g/mol. The van der Waals surface area contributed by atoms with Crippen LogP contribution in [0.5, 0.6) is 0 Å². The lowest BCUT2D eigenvalue weighted by Gasteiger charge is -2.16. The van der Waals surface area contributed by atoms with Crippen molar-refractivity contribution in [2.75, 3.05) is 0 Å². The second-order valence-corrected chi connectivity index (χ2v) is 5.85. The zero-order chi connectivity index (χ0) is 15.5. The number of rotatable bonds is 11. The first-order chi connectivity index (χ1) is 10.1. The van der Waals surface area contributed by atoms with Gasteiger partial charge in [-0.1, -0.05) is 50.8 Å². The zero-order valence-electron chi connectivity index (χ0n) is 13.1. The molecule has 1 aliphatic rings. The first-order valence-corrected chi connectivity index (χ1v) is 8.24. The molecule has 3 heteroatoms. The summed E-state index contributed by atoms with van der Waals surface area (Å²) in [5, 5.41) is 8.56. The first-order valence-electron chi connectivity index (χ1n) is 8.24. The van der Waals surface area contributed by atoms with Gasteiger partial charge in [0.2, 0.25) is 0 Å². The van der Waals surface area contributed by atoms with Gasteiger partial charge in [-0.15, -0.1) is 0 Å². The Morgan fingerprint density at radius 1 is 1.19 bits per heavy atom. The predicted octanol–water partition coefficient (Wildman–Crippen LogP) is 4.53. The second-order valence-electron chi connectivity index (χ2n) is 5.85. The van der Waals surface area contributed by atoms with Gasteiger partial charge in [-0.2, -0.15) is 0 Å². The van der Waals surface area contributed by atoms with Crippen molar-refractivity contribution in [3.8, 4) is 0 Å². The molecule has 0 spiro atoms. The molecule has 0 bridgehead atoms. The quantitative estimate of drug-likeness (QED) is 0.449. The number of carboxylic acid groups (broad SMARTS) is 1. The summed E-state index contributed by atoms with van der Waals surface area (Å²) in [6, 6.07) is 0. The molecule has 0 aliphatic heterocycles. The Labute approximate surface area is 128 Å². The standard InChI is InChI=1S/C18H28O3/c1-2-3-7-11-16-15(13-14-17(16)19)10-8-5-4-6-9-12-18(20)21/h3,7,13-16H,2,4-6,8-12H2,1H3,(H,20,21)/t15-,16+/m1/s1. The van der Waals surface area contributed by atoms with Crippen LogP contribution in [0.1, 0.15) is 64.7 Å². The molecule has 21 heavy (non-hydrogen) atoms. The van der Waals surface area contributed by atoms with E-state index in [1.165, 1.54) is 0 Å². The van der Waals surface area contributed by atoms with Crippen molar-refractivity contribution in [2.45, 2.75) is 64.7 Å². The second kappa shape index (κ2) is 10.4. The lowest BCUT2D eigenvalue weighted by Crippen LogP contribution is -2.15. The van der Waals surface area contributed by atoms with E-state index in [0.29, 0.717) is 5.92 Å². The minimum Gasteiger partial charge on any atom is -0.481 e. The van der Waals surface area contributed by atoms with E-state index in [0.717, 1.165) is 51.4 Å². The van der Waals surface area contributed by atoms with Crippen LogP contribution in [0.15, 0.2) is 24.3 Å². The average molecular weight is 292 g/mol. The predicted molar refractivity (Wildman–Crippen MR) is 85.1 cm³/mol. The van der Waals surface area contributed by atoms with Gasteiger partial charge in [-0.3, -0.25) is 9.59 Å². The van der Waals surface area contributed by atoms with Crippen LogP contribution in [0, 0.1) is 11.8 Å². The SMILES string of the molecule is CCC=CC[C@@H]1C(=O)C=C[C@H]1CCCCCCCC(=O)O. The summed E-state index contributed by atoms with van der Waals surface area (Å²) in [6.07, 6.45) is 16.5. The van der Waals surface area contributed by atoms with Crippen molar-refractivity contribution in [3.05, 3.63) is 24.3 Å². The summed E-state index contributed by atoms with van der Waals surface area (Å²) >= 11 is 0. The van der Waals surface area contributed by atoms with Crippen molar-refractivity contribution >= 4 is 11.8 Å². The molecule has 0 heterocycles. The van der Waals surface area contributed by atoms with Crippen LogP contribution in [0.3, 0.4) is 0 Å². The Hall–Kier alpha value is -1.38. The molecule has 0 aromatic carbocycles. The van der Waals surface area contributed by atoms with E-state index >= 15 is 0 Å². The molecular formula is C18H28O3. The van der Waals surface area contributed by atoms with Gasteiger partial charge in [-0.25, -0.2) is 0 Å². The highest BCUT2D eigenvalue weighted by atomic mass is 16.4. The highest BCUT2D eigenvalue weighted by molar-refractivity contribution is 5.94. The van der Waals surface area contributed by atoms with E-state index in [1.54, 1.807) is 6.08 Å². The molecule has 0 radical (unpaired) electrons. The van der Waals surface area contributed by atoms with Gasteiger partial charge in [0, 0.05) is 12.3 Å².